The Morgan fingerprint density at radius 1 is 0.773 bits per heavy atom. The van der Waals surface area contributed by atoms with Crippen LogP contribution < -0.4 is 20.4 Å². The molecule has 2 aromatic carbocycles. The fourth-order valence-electron chi connectivity index (χ4n) is 7.07. The van der Waals surface area contributed by atoms with Gasteiger partial charge in [-0.15, -0.1) is 0 Å². The molecular weight excluding hydrogens is 879 g/mol. The van der Waals surface area contributed by atoms with E-state index in [0.29, 0.717) is 79.3 Å². The Labute approximate surface area is 380 Å². The minimum atomic E-state index is -3.63. The lowest BCUT2D eigenvalue weighted by Gasteiger charge is -2.38. The van der Waals surface area contributed by atoms with Crippen LogP contribution in [0.1, 0.15) is 58.0 Å². The van der Waals surface area contributed by atoms with Crippen LogP contribution in [0.15, 0.2) is 97.6 Å². The Morgan fingerprint density at radius 3 is 1.68 bits per heavy atom. The van der Waals surface area contributed by atoms with Gasteiger partial charge in [0.15, 0.2) is 0 Å². The Kier molecular flexibility index (Phi) is 15.9. The van der Waals surface area contributed by atoms with Crippen molar-refractivity contribution in [3.8, 4) is 0 Å². The molecule has 3 fully saturated rings. The molecule has 2 aromatic heterocycles. The Balaban J connectivity index is 0.000000225. The van der Waals surface area contributed by atoms with E-state index in [1.807, 2.05) is 0 Å². The number of aliphatic hydroxyl groups is 1. The van der Waals surface area contributed by atoms with Gasteiger partial charge in [0.2, 0.25) is 0 Å². The first-order valence-electron chi connectivity index (χ1n) is 20.7. The van der Waals surface area contributed by atoms with Crippen molar-refractivity contribution in [1.82, 2.24) is 25.5 Å². The molecule has 2 unspecified atom stereocenters. The molecule has 4 aromatic rings. The first-order chi connectivity index (χ1) is 31.5. The summed E-state index contributed by atoms with van der Waals surface area (Å²) in [5, 5.41) is 31.9. The molecule has 0 saturated carbocycles. The second-order valence-electron chi connectivity index (χ2n) is 15.5. The number of likely N-dealkylation sites (tertiary alicyclic amines) is 1. The summed E-state index contributed by atoms with van der Waals surface area (Å²) >= 11 is 0. The number of hydrogen-bond donors (Lipinski definition) is 5. The standard InChI is InChI=1S/C26H31N5O6.C18H18N4O6S/c1-2-36-22(32)14-26(35)9-12-30(13-10-26)16-21-17-31(25(34)37-21)20-7-5-18(6-8-20)23(27)29-24(33)19-4-3-11-28-15-19;1-29(25,26)27-11-15-10-22(18(24)28-15)14-6-4-12(5-7-14)16(19)21-17(23)13-3-2-8-20-9-13/h3-8,11,15,21,35H,2,9-10,12-14,16-17H2,1H3,(H2,27,29,33);2-9,15H,10-11H2,1H3,(H2,19,21,23). The molecule has 3 aliphatic rings. The van der Waals surface area contributed by atoms with Crippen molar-refractivity contribution >= 4 is 63.1 Å². The SMILES string of the molecule is CCOC(=O)CC1(O)CCN(CC2CN(c3ccc(C(=N)NC(=O)c4cccnc4)cc3)C(=O)O2)CC1.CS(=O)(=O)OCC1CN(c2ccc(C(=N)NC(=O)c3cccnc3)cc2)C(=O)O1. The van der Waals surface area contributed by atoms with E-state index in [1.54, 1.807) is 92.1 Å². The molecule has 0 spiro atoms. The van der Waals surface area contributed by atoms with Gasteiger partial charge in [-0.2, -0.15) is 8.42 Å². The summed E-state index contributed by atoms with van der Waals surface area (Å²) in [7, 11) is -3.63. The quantitative estimate of drug-likeness (QED) is 0.0399. The number of pyridine rings is 2. The van der Waals surface area contributed by atoms with Crippen LogP contribution in [0.5, 0.6) is 0 Å². The van der Waals surface area contributed by atoms with Crippen molar-refractivity contribution in [2.24, 2.45) is 0 Å². The number of piperidine rings is 1. The molecule has 2 atom stereocenters. The van der Waals surface area contributed by atoms with Crippen LogP contribution in [0.3, 0.4) is 0 Å². The highest BCUT2D eigenvalue weighted by molar-refractivity contribution is 7.86. The van der Waals surface area contributed by atoms with Crippen molar-refractivity contribution in [2.75, 3.05) is 62.0 Å². The molecule has 5 N–H and O–H groups in total. The van der Waals surface area contributed by atoms with Crippen molar-refractivity contribution in [1.29, 1.82) is 10.8 Å². The maximum absolute atomic E-state index is 12.5. The van der Waals surface area contributed by atoms with E-state index in [2.05, 4.69) is 29.7 Å². The number of benzene rings is 2. The molecule has 7 rings (SSSR count). The van der Waals surface area contributed by atoms with Crippen LogP contribution in [0, 0.1) is 10.8 Å². The summed E-state index contributed by atoms with van der Waals surface area (Å²) in [6.07, 6.45) is 5.61. The number of ether oxygens (including phenoxy) is 3. The molecule has 0 bridgehead atoms. The van der Waals surface area contributed by atoms with Crippen molar-refractivity contribution in [3.05, 3.63) is 120 Å². The van der Waals surface area contributed by atoms with Crippen molar-refractivity contribution in [3.63, 3.8) is 0 Å². The molecule has 348 valence electrons. The van der Waals surface area contributed by atoms with Gasteiger partial charge in [-0.25, -0.2) is 9.59 Å². The maximum atomic E-state index is 12.5. The van der Waals surface area contributed by atoms with Gasteiger partial charge in [-0.1, -0.05) is 0 Å². The number of amides is 4. The number of carbonyl (C=O) groups is 5. The zero-order valence-electron chi connectivity index (χ0n) is 36.0. The first-order valence-corrected chi connectivity index (χ1v) is 22.5. The molecular formula is C44H49N9O12S. The summed E-state index contributed by atoms with van der Waals surface area (Å²) in [5.74, 6) is -1.44. The Morgan fingerprint density at radius 2 is 1.24 bits per heavy atom. The minimum Gasteiger partial charge on any atom is -0.466 e. The van der Waals surface area contributed by atoms with E-state index in [4.69, 9.17) is 25.0 Å². The van der Waals surface area contributed by atoms with Crippen LogP contribution in [-0.4, -0.2) is 140 Å². The number of nitrogens with one attached hydrogen (secondary N) is 4. The zero-order chi connectivity index (χ0) is 47.4. The summed E-state index contributed by atoms with van der Waals surface area (Å²) in [5.41, 5.74) is 1.69. The number of aromatic nitrogens is 2. The molecule has 0 radical (unpaired) electrons. The van der Waals surface area contributed by atoms with Gasteiger partial charge >= 0.3 is 18.2 Å². The van der Waals surface area contributed by atoms with Gasteiger partial charge in [-0.3, -0.25) is 54.1 Å². The zero-order valence-corrected chi connectivity index (χ0v) is 36.9. The summed E-state index contributed by atoms with van der Waals surface area (Å²) < 4.78 is 42.4. The van der Waals surface area contributed by atoms with E-state index in [1.165, 1.54) is 22.2 Å². The number of hydrogen-bond acceptors (Lipinski definition) is 17. The predicted molar refractivity (Wildman–Crippen MR) is 238 cm³/mol. The van der Waals surface area contributed by atoms with E-state index >= 15 is 0 Å². The number of amidine groups is 2. The molecule has 4 amide bonds. The Hall–Kier alpha value is -7.14. The van der Waals surface area contributed by atoms with E-state index in [9.17, 15) is 37.5 Å². The van der Waals surface area contributed by atoms with E-state index in [0.717, 1.165) is 6.26 Å². The highest BCUT2D eigenvalue weighted by Crippen LogP contribution is 2.28. The number of esters is 1. The topological polar surface area (TPSA) is 284 Å². The molecule has 66 heavy (non-hydrogen) atoms. The fourth-order valence-corrected chi connectivity index (χ4v) is 7.47. The summed E-state index contributed by atoms with van der Waals surface area (Å²) in [6, 6.07) is 19.6. The number of rotatable bonds is 14. The minimum absolute atomic E-state index is 0.0124. The summed E-state index contributed by atoms with van der Waals surface area (Å²) in [6.45, 7) is 3.97. The van der Waals surface area contributed by atoms with Crippen LogP contribution >= 0.6 is 0 Å². The normalized spacial score (nSPS) is 18.0. The van der Waals surface area contributed by atoms with E-state index in [-0.39, 0.29) is 37.3 Å². The molecule has 0 aliphatic carbocycles. The average molecular weight is 928 g/mol. The van der Waals surface area contributed by atoms with E-state index < -0.39 is 51.8 Å². The smallest absolute Gasteiger partial charge is 0.414 e. The highest BCUT2D eigenvalue weighted by Gasteiger charge is 2.38. The average Bonchev–Trinajstić information content (AvgIpc) is 3.87. The Bertz CT molecular complexity index is 2510. The number of carbonyl (C=O) groups excluding carboxylic acids is 5. The summed E-state index contributed by atoms with van der Waals surface area (Å²) in [4.78, 5) is 73.4. The molecule has 21 nitrogen and oxygen atoms in total. The molecule has 3 saturated heterocycles. The lowest BCUT2D eigenvalue weighted by Crippen LogP contribution is -2.48. The second kappa shape index (κ2) is 21.7. The van der Waals surface area contributed by atoms with Crippen molar-refractivity contribution in [2.45, 2.75) is 44.0 Å². The monoisotopic (exact) mass is 927 g/mol. The first kappa shape index (κ1) is 48.3. The van der Waals surface area contributed by atoms with Gasteiger partial charge in [-0.05, 0) is 92.6 Å². The van der Waals surface area contributed by atoms with Gasteiger partial charge < -0.3 is 30.0 Å². The second-order valence-corrected chi connectivity index (χ2v) is 17.1. The van der Waals surface area contributed by atoms with Gasteiger partial charge in [0.05, 0.1) is 49.1 Å². The highest BCUT2D eigenvalue weighted by atomic mass is 32.2. The van der Waals surface area contributed by atoms with Crippen LogP contribution in [0.2, 0.25) is 0 Å². The molecule has 22 heteroatoms. The predicted octanol–water partition coefficient (Wildman–Crippen LogP) is 3.08. The lowest BCUT2D eigenvalue weighted by atomic mass is 9.88. The third-order valence-electron chi connectivity index (χ3n) is 10.5. The van der Waals surface area contributed by atoms with Gasteiger partial charge in [0.1, 0.15) is 30.5 Å². The number of cyclic esters (lactones) is 2. The number of nitrogens with zero attached hydrogens (tertiary/aromatic N) is 5. The third-order valence-corrected chi connectivity index (χ3v) is 11.1. The van der Waals surface area contributed by atoms with Crippen LogP contribution in [0.25, 0.3) is 0 Å². The third kappa shape index (κ3) is 13.4. The van der Waals surface area contributed by atoms with Gasteiger partial charge in [0.25, 0.3) is 21.9 Å². The fraction of sp³-hybridized carbons (Fsp3) is 0.341. The number of anilines is 2. The maximum Gasteiger partial charge on any atom is 0.414 e. The van der Waals surface area contributed by atoms with Crippen molar-refractivity contribution < 1.29 is 55.9 Å². The van der Waals surface area contributed by atoms with Gasteiger partial charge in [0, 0.05) is 66.9 Å². The largest absolute Gasteiger partial charge is 0.466 e. The molecule has 5 heterocycles. The molecule has 3 aliphatic heterocycles. The van der Waals surface area contributed by atoms with Crippen LogP contribution in [-0.2, 0) is 33.3 Å². The van der Waals surface area contributed by atoms with Crippen LogP contribution in [0.4, 0.5) is 21.0 Å². The lowest BCUT2D eigenvalue weighted by molar-refractivity contribution is -0.150.